The van der Waals surface area contributed by atoms with Crippen LogP contribution in [0.5, 0.6) is 0 Å². The van der Waals surface area contributed by atoms with Crippen LogP contribution in [0, 0.1) is 0 Å². The number of rotatable bonds is 53. The van der Waals surface area contributed by atoms with Gasteiger partial charge in [-0.1, -0.05) is 237 Å². The van der Waals surface area contributed by atoms with E-state index in [1.807, 2.05) is 6.08 Å². The van der Waals surface area contributed by atoms with Gasteiger partial charge in [0.05, 0.1) is 32.0 Å². The first-order valence-electron chi connectivity index (χ1n) is 30.8. The second-order valence-electron chi connectivity index (χ2n) is 21.4. The minimum absolute atomic E-state index is 0.00938. The minimum Gasteiger partial charge on any atom is -0.466 e. The highest BCUT2D eigenvalue weighted by molar-refractivity contribution is 5.76. The van der Waals surface area contributed by atoms with E-state index in [9.17, 15) is 35.1 Å². The maximum absolute atomic E-state index is 13.0. The highest BCUT2D eigenvalue weighted by Gasteiger charge is 2.44. The lowest BCUT2D eigenvalue weighted by Crippen LogP contribution is -2.60. The first-order valence-corrected chi connectivity index (χ1v) is 30.8. The summed E-state index contributed by atoms with van der Waals surface area (Å²) in [5, 5.41) is 54.1. The quantitative estimate of drug-likeness (QED) is 0.0195. The molecule has 1 aliphatic heterocycles. The van der Waals surface area contributed by atoms with Gasteiger partial charge in [-0.2, -0.15) is 0 Å². The summed E-state index contributed by atoms with van der Waals surface area (Å²) in [6.07, 6.45) is 54.1. The Kier molecular flexibility index (Phi) is 49.0. The Morgan fingerprint density at radius 2 is 0.890 bits per heavy atom. The van der Waals surface area contributed by atoms with Crippen LogP contribution in [0.2, 0.25) is 0 Å². The molecule has 0 radical (unpaired) electrons. The molecule has 11 nitrogen and oxygen atoms in total. The molecule has 1 fully saturated rings. The van der Waals surface area contributed by atoms with Gasteiger partial charge in [0, 0.05) is 12.8 Å². The van der Waals surface area contributed by atoms with E-state index >= 15 is 0 Å². The minimum atomic E-state index is -1.58. The van der Waals surface area contributed by atoms with E-state index in [4.69, 9.17) is 14.2 Å². The van der Waals surface area contributed by atoms with Gasteiger partial charge in [0.15, 0.2) is 6.29 Å². The third-order valence-corrected chi connectivity index (χ3v) is 14.5. The zero-order chi connectivity index (χ0) is 53.1. The van der Waals surface area contributed by atoms with Crippen LogP contribution in [0.15, 0.2) is 36.5 Å². The van der Waals surface area contributed by atoms with Gasteiger partial charge < -0.3 is 45.1 Å². The molecule has 0 aromatic heterocycles. The lowest BCUT2D eigenvalue weighted by atomic mass is 9.99. The average Bonchev–Trinajstić information content (AvgIpc) is 3.39. The molecule has 1 saturated heterocycles. The highest BCUT2D eigenvalue weighted by atomic mass is 16.7. The van der Waals surface area contributed by atoms with Crippen molar-refractivity contribution in [2.75, 3.05) is 19.8 Å². The number of amides is 1. The van der Waals surface area contributed by atoms with Gasteiger partial charge in [-0.25, -0.2) is 0 Å². The number of unbranched alkanes of at least 4 members (excludes halogenated alkanes) is 35. The fourth-order valence-corrected chi connectivity index (χ4v) is 9.56. The van der Waals surface area contributed by atoms with E-state index in [1.165, 1.54) is 167 Å². The molecule has 0 saturated carbocycles. The number of aliphatic hydroxyl groups excluding tert-OH is 5. The molecule has 0 aromatic carbocycles. The van der Waals surface area contributed by atoms with E-state index in [0.717, 1.165) is 89.9 Å². The van der Waals surface area contributed by atoms with Crippen molar-refractivity contribution in [1.82, 2.24) is 5.32 Å². The number of carbonyl (C=O) groups excluding carboxylic acids is 2. The van der Waals surface area contributed by atoms with Gasteiger partial charge in [0.25, 0.3) is 0 Å². The summed E-state index contributed by atoms with van der Waals surface area (Å²) >= 11 is 0. The predicted octanol–water partition coefficient (Wildman–Crippen LogP) is 14.3. The second-order valence-corrected chi connectivity index (χ2v) is 21.4. The monoisotopic (exact) mass is 1030 g/mol. The topological polar surface area (TPSA) is 175 Å². The van der Waals surface area contributed by atoms with Crippen molar-refractivity contribution in [3.8, 4) is 0 Å². The fraction of sp³-hybridized carbons (Fsp3) is 0.871. The molecule has 7 unspecified atom stereocenters. The van der Waals surface area contributed by atoms with Crippen LogP contribution < -0.4 is 5.32 Å². The molecular weight excluding hydrogens is 919 g/mol. The Bertz CT molecular complexity index is 1310. The number of allylic oxidation sites excluding steroid dienone is 5. The molecule has 1 heterocycles. The Morgan fingerprint density at radius 3 is 1.38 bits per heavy atom. The summed E-state index contributed by atoms with van der Waals surface area (Å²) in [6, 6.07) is -0.836. The Hall–Kier alpha value is -2.12. The van der Waals surface area contributed by atoms with Crippen molar-refractivity contribution in [1.29, 1.82) is 0 Å². The number of esters is 1. The SMILES string of the molecule is CCCCC/C=C/CC/C=C/C(O)C(COC1OC(CO)C(O)C(O)C1O)NC(=O)CCCCCCC/C=C\CCCCCCCCCCCOC(=O)CCCCCCCCCCCCCCCCCCCC. The van der Waals surface area contributed by atoms with Crippen molar-refractivity contribution in [3.05, 3.63) is 36.5 Å². The van der Waals surface area contributed by atoms with E-state index < -0.39 is 49.5 Å². The lowest BCUT2D eigenvalue weighted by molar-refractivity contribution is -0.302. The van der Waals surface area contributed by atoms with E-state index in [2.05, 4.69) is 43.5 Å². The van der Waals surface area contributed by atoms with Gasteiger partial charge in [0.2, 0.25) is 5.91 Å². The molecule has 428 valence electrons. The first-order chi connectivity index (χ1) is 35.7. The van der Waals surface area contributed by atoms with E-state index in [-0.39, 0.29) is 18.5 Å². The standard InChI is InChI=1S/C62H115NO10/c1-3-5-7-9-11-13-14-15-16-17-21-24-27-30-34-38-42-46-50-58(67)71-51-47-43-39-35-31-28-25-22-19-18-20-23-26-29-33-37-41-45-49-57(66)63-54(55(65)48-44-40-36-32-12-10-8-6-4-2)53-72-62-61(70)60(69)59(68)56(52-64)73-62/h12,20,23,32,44,48,54-56,59-62,64-65,68-70H,3-11,13-19,21-22,24-31,33-43,45-47,49-53H2,1-2H3,(H,63,66)/b23-20-,32-12+,48-44+. The van der Waals surface area contributed by atoms with Gasteiger partial charge in [-0.15, -0.1) is 0 Å². The largest absolute Gasteiger partial charge is 0.466 e. The summed E-state index contributed by atoms with van der Waals surface area (Å²) in [7, 11) is 0. The molecule has 0 aliphatic carbocycles. The van der Waals surface area contributed by atoms with Gasteiger partial charge >= 0.3 is 5.97 Å². The molecule has 0 spiro atoms. The van der Waals surface area contributed by atoms with Crippen LogP contribution in [0.4, 0.5) is 0 Å². The maximum atomic E-state index is 13.0. The van der Waals surface area contributed by atoms with E-state index in [1.54, 1.807) is 6.08 Å². The summed E-state index contributed by atoms with van der Waals surface area (Å²) in [5.74, 6) is -0.218. The summed E-state index contributed by atoms with van der Waals surface area (Å²) < 4.78 is 16.7. The zero-order valence-corrected chi connectivity index (χ0v) is 47.1. The van der Waals surface area contributed by atoms with Crippen molar-refractivity contribution >= 4 is 11.9 Å². The average molecular weight is 1030 g/mol. The Balaban J connectivity index is 2.01. The Morgan fingerprint density at radius 1 is 0.493 bits per heavy atom. The van der Waals surface area contributed by atoms with Crippen LogP contribution in [-0.4, -0.2) is 100 Å². The van der Waals surface area contributed by atoms with E-state index in [0.29, 0.717) is 19.4 Å². The molecule has 1 aliphatic rings. The fourth-order valence-electron chi connectivity index (χ4n) is 9.56. The summed E-state index contributed by atoms with van der Waals surface area (Å²) in [5.41, 5.74) is 0. The van der Waals surface area contributed by atoms with Crippen LogP contribution in [-0.2, 0) is 23.8 Å². The normalized spacial score (nSPS) is 19.1. The number of hydrogen-bond donors (Lipinski definition) is 6. The lowest BCUT2D eigenvalue weighted by Gasteiger charge is -2.40. The van der Waals surface area contributed by atoms with Gasteiger partial charge in [-0.05, 0) is 70.6 Å². The summed E-state index contributed by atoms with van der Waals surface area (Å²) in [6.45, 7) is 4.26. The smallest absolute Gasteiger partial charge is 0.305 e. The number of nitrogens with one attached hydrogen (secondary N) is 1. The van der Waals surface area contributed by atoms with Crippen molar-refractivity contribution in [2.24, 2.45) is 0 Å². The molecule has 6 N–H and O–H groups in total. The summed E-state index contributed by atoms with van der Waals surface area (Å²) in [4.78, 5) is 25.1. The zero-order valence-electron chi connectivity index (χ0n) is 47.1. The molecule has 0 bridgehead atoms. The van der Waals surface area contributed by atoms with Gasteiger partial charge in [-0.3, -0.25) is 9.59 Å². The number of aliphatic hydroxyl groups is 5. The number of hydrogen-bond acceptors (Lipinski definition) is 10. The highest BCUT2D eigenvalue weighted by Crippen LogP contribution is 2.23. The molecule has 0 aromatic rings. The van der Waals surface area contributed by atoms with Crippen molar-refractivity contribution in [3.63, 3.8) is 0 Å². The van der Waals surface area contributed by atoms with Gasteiger partial charge in [0.1, 0.15) is 24.4 Å². The van der Waals surface area contributed by atoms with Crippen LogP contribution in [0.1, 0.15) is 284 Å². The van der Waals surface area contributed by atoms with Crippen LogP contribution in [0.3, 0.4) is 0 Å². The predicted molar refractivity (Wildman–Crippen MR) is 301 cm³/mol. The first kappa shape index (κ1) is 68.9. The molecule has 73 heavy (non-hydrogen) atoms. The number of carbonyl (C=O) groups is 2. The van der Waals surface area contributed by atoms with Crippen molar-refractivity contribution in [2.45, 2.75) is 326 Å². The van der Waals surface area contributed by atoms with Crippen LogP contribution >= 0.6 is 0 Å². The third kappa shape index (κ3) is 41.7. The molecule has 11 heteroatoms. The second kappa shape index (κ2) is 52.0. The Labute approximate surface area is 447 Å². The molecule has 1 amide bonds. The van der Waals surface area contributed by atoms with Crippen molar-refractivity contribution < 1.29 is 49.3 Å². The number of ether oxygens (including phenoxy) is 3. The maximum Gasteiger partial charge on any atom is 0.305 e. The molecular formula is C62H115NO10. The molecule has 1 rings (SSSR count). The molecule has 7 atom stereocenters. The van der Waals surface area contributed by atoms with Crippen LogP contribution in [0.25, 0.3) is 0 Å². The third-order valence-electron chi connectivity index (χ3n) is 14.5.